The van der Waals surface area contributed by atoms with Crippen LogP contribution in [0.3, 0.4) is 0 Å². The van der Waals surface area contributed by atoms with Gasteiger partial charge < -0.3 is 5.32 Å². The van der Waals surface area contributed by atoms with Crippen molar-refractivity contribution in [3.05, 3.63) is 88.5 Å². The van der Waals surface area contributed by atoms with Crippen LogP contribution in [0.4, 0.5) is 11.4 Å². The molecule has 0 aliphatic rings. The van der Waals surface area contributed by atoms with Crippen LogP contribution in [0.5, 0.6) is 0 Å². The third-order valence-electron chi connectivity index (χ3n) is 4.76. The maximum Gasteiger partial charge on any atom is 0.262 e. The predicted octanol–water partition coefficient (Wildman–Crippen LogP) is 4.97. The minimum atomic E-state index is -3.83. The minimum absolute atomic E-state index is 0.0761. The molecule has 0 saturated heterocycles. The lowest BCUT2D eigenvalue weighted by Crippen LogP contribution is -2.17. The van der Waals surface area contributed by atoms with E-state index >= 15 is 0 Å². The number of benzene rings is 3. The molecule has 0 aromatic heterocycles. The Morgan fingerprint density at radius 2 is 1.41 bits per heavy atom. The Morgan fingerprint density at radius 3 is 2.03 bits per heavy atom. The smallest absolute Gasteiger partial charge is 0.262 e. The summed E-state index contributed by atoms with van der Waals surface area (Å²) < 4.78 is 28.4. The zero-order valence-electron chi connectivity index (χ0n) is 16.9. The molecule has 0 heterocycles. The highest BCUT2D eigenvalue weighted by Gasteiger charge is 2.20. The number of sulfonamides is 1. The van der Waals surface area contributed by atoms with Gasteiger partial charge in [0, 0.05) is 16.9 Å². The highest BCUT2D eigenvalue weighted by Crippen LogP contribution is 2.24. The van der Waals surface area contributed by atoms with Gasteiger partial charge in [-0.15, -0.1) is 0 Å². The van der Waals surface area contributed by atoms with Gasteiger partial charge in [-0.2, -0.15) is 0 Å². The number of aryl methyl sites for hydroxylation is 4. The molecular weight excluding hydrogens is 384 g/mol. The van der Waals surface area contributed by atoms with Crippen molar-refractivity contribution in [1.82, 2.24) is 0 Å². The topological polar surface area (TPSA) is 75.3 Å². The van der Waals surface area contributed by atoms with Crippen LogP contribution < -0.4 is 10.0 Å². The first kappa shape index (κ1) is 20.6. The van der Waals surface area contributed by atoms with Gasteiger partial charge in [-0.05, 0) is 68.7 Å². The molecule has 1 amide bonds. The van der Waals surface area contributed by atoms with E-state index in [4.69, 9.17) is 0 Å². The molecule has 0 fully saturated rings. The summed E-state index contributed by atoms with van der Waals surface area (Å²) in [4.78, 5) is 12.9. The van der Waals surface area contributed by atoms with E-state index in [1.165, 1.54) is 6.07 Å². The minimum Gasteiger partial charge on any atom is -0.322 e. The first-order valence-electron chi connectivity index (χ1n) is 9.25. The molecule has 150 valence electrons. The molecule has 0 radical (unpaired) electrons. The van der Waals surface area contributed by atoms with Gasteiger partial charge in [0.15, 0.2) is 0 Å². The molecule has 2 N–H and O–H groups in total. The maximum atomic E-state index is 12.9. The van der Waals surface area contributed by atoms with Gasteiger partial charge in [-0.3, -0.25) is 9.52 Å². The van der Waals surface area contributed by atoms with Crippen molar-refractivity contribution in [3.63, 3.8) is 0 Å². The number of carbonyl (C=O) groups excluding carboxylic acids is 1. The Labute approximate surface area is 171 Å². The molecule has 29 heavy (non-hydrogen) atoms. The lowest BCUT2D eigenvalue weighted by Gasteiger charge is -2.14. The summed E-state index contributed by atoms with van der Waals surface area (Å²) in [5, 5.41) is 2.89. The van der Waals surface area contributed by atoms with E-state index in [1.54, 1.807) is 31.2 Å². The standard InChI is InChI=1S/C23H24N2O3S/c1-15-8-12-20(13-9-15)25-29(27,28)21-14-19(11-10-16(21)2)23(26)24-22-17(3)6-5-7-18(22)4/h5-14,25H,1-4H3,(H,24,26). The predicted molar refractivity (Wildman–Crippen MR) is 117 cm³/mol. The molecule has 3 aromatic rings. The Hall–Kier alpha value is -3.12. The number of rotatable bonds is 5. The summed E-state index contributed by atoms with van der Waals surface area (Å²) in [5.74, 6) is -0.353. The molecule has 0 spiro atoms. The van der Waals surface area contributed by atoms with Gasteiger partial charge >= 0.3 is 0 Å². The first-order chi connectivity index (χ1) is 13.7. The van der Waals surface area contributed by atoms with Gasteiger partial charge in [-0.1, -0.05) is 42.0 Å². The fraction of sp³-hybridized carbons (Fsp3) is 0.174. The number of hydrogen-bond acceptors (Lipinski definition) is 3. The lowest BCUT2D eigenvalue weighted by atomic mass is 10.1. The fourth-order valence-electron chi connectivity index (χ4n) is 3.06. The number of para-hydroxylation sites is 1. The van der Waals surface area contributed by atoms with Crippen molar-refractivity contribution in [2.75, 3.05) is 10.0 Å². The first-order valence-corrected chi connectivity index (χ1v) is 10.7. The van der Waals surface area contributed by atoms with Crippen LogP contribution in [0.25, 0.3) is 0 Å². The van der Waals surface area contributed by atoms with E-state index in [2.05, 4.69) is 10.0 Å². The summed E-state index contributed by atoms with van der Waals surface area (Å²) in [7, 11) is -3.83. The summed E-state index contributed by atoms with van der Waals surface area (Å²) in [6.45, 7) is 7.47. The van der Waals surface area contributed by atoms with Crippen LogP contribution >= 0.6 is 0 Å². The van der Waals surface area contributed by atoms with Crippen LogP contribution in [-0.2, 0) is 10.0 Å². The van der Waals surface area contributed by atoms with Gasteiger partial charge in [0.2, 0.25) is 0 Å². The zero-order valence-corrected chi connectivity index (χ0v) is 17.7. The zero-order chi connectivity index (χ0) is 21.2. The third kappa shape index (κ3) is 4.66. The SMILES string of the molecule is Cc1ccc(NS(=O)(=O)c2cc(C(=O)Nc3c(C)cccc3C)ccc2C)cc1. The Morgan fingerprint density at radius 1 is 0.793 bits per heavy atom. The molecule has 0 bridgehead atoms. The third-order valence-corrected chi connectivity index (χ3v) is 6.29. The summed E-state index contributed by atoms with van der Waals surface area (Å²) in [6, 6.07) is 17.5. The summed E-state index contributed by atoms with van der Waals surface area (Å²) >= 11 is 0. The van der Waals surface area contributed by atoms with E-state index < -0.39 is 10.0 Å². The highest BCUT2D eigenvalue weighted by atomic mass is 32.2. The Kier molecular flexibility index (Phi) is 5.75. The normalized spacial score (nSPS) is 11.2. The fourth-order valence-corrected chi connectivity index (χ4v) is 4.39. The second kappa shape index (κ2) is 8.09. The molecule has 0 aliphatic carbocycles. The van der Waals surface area contributed by atoms with E-state index in [0.29, 0.717) is 11.3 Å². The highest BCUT2D eigenvalue weighted by molar-refractivity contribution is 7.92. The van der Waals surface area contributed by atoms with Crippen molar-refractivity contribution in [3.8, 4) is 0 Å². The van der Waals surface area contributed by atoms with E-state index in [-0.39, 0.29) is 16.4 Å². The number of amides is 1. The van der Waals surface area contributed by atoms with Crippen molar-refractivity contribution in [2.24, 2.45) is 0 Å². The number of hydrogen-bond donors (Lipinski definition) is 2. The lowest BCUT2D eigenvalue weighted by molar-refractivity contribution is 0.102. The molecule has 3 aromatic carbocycles. The average Bonchev–Trinajstić information content (AvgIpc) is 2.66. The number of carbonyl (C=O) groups is 1. The van der Waals surface area contributed by atoms with Crippen LogP contribution in [-0.4, -0.2) is 14.3 Å². The van der Waals surface area contributed by atoms with Gasteiger partial charge in [-0.25, -0.2) is 8.42 Å². The van der Waals surface area contributed by atoms with Gasteiger partial charge in [0.05, 0.1) is 4.90 Å². The van der Waals surface area contributed by atoms with Crippen molar-refractivity contribution in [2.45, 2.75) is 32.6 Å². The molecule has 6 heteroatoms. The van der Waals surface area contributed by atoms with Crippen LogP contribution in [0.15, 0.2) is 65.6 Å². The largest absolute Gasteiger partial charge is 0.322 e. The number of anilines is 2. The average molecular weight is 409 g/mol. The second-order valence-electron chi connectivity index (χ2n) is 7.17. The van der Waals surface area contributed by atoms with Gasteiger partial charge in [0.1, 0.15) is 0 Å². The summed E-state index contributed by atoms with van der Waals surface area (Å²) in [6.07, 6.45) is 0. The van der Waals surface area contributed by atoms with Crippen LogP contribution in [0.1, 0.15) is 32.6 Å². The maximum absolute atomic E-state index is 12.9. The van der Waals surface area contributed by atoms with Crippen LogP contribution in [0, 0.1) is 27.7 Å². The second-order valence-corrected chi connectivity index (χ2v) is 8.82. The molecule has 0 aliphatic heterocycles. The molecule has 0 atom stereocenters. The molecule has 5 nitrogen and oxygen atoms in total. The van der Waals surface area contributed by atoms with Crippen molar-refractivity contribution >= 4 is 27.3 Å². The van der Waals surface area contributed by atoms with Crippen molar-refractivity contribution < 1.29 is 13.2 Å². The van der Waals surface area contributed by atoms with Crippen LogP contribution in [0.2, 0.25) is 0 Å². The quantitative estimate of drug-likeness (QED) is 0.626. The molecule has 0 unspecified atom stereocenters. The monoisotopic (exact) mass is 408 g/mol. The Balaban J connectivity index is 1.91. The summed E-state index contributed by atoms with van der Waals surface area (Å²) in [5.41, 5.74) is 4.98. The molecule has 0 saturated carbocycles. The number of nitrogens with one attached hydrogen (secondary N) is 2. The molecule has 3 rings (SSSR count). The van der Waals surface area contributed by atoms with E-state index in [1.807, 2.05) is 51.1 Å². The Bertz CT molecular complexity index is 1150. The van der Waals surface area contributed by atoms with Crippen molar-refractivity contribution in [1.29, 1.82) is 0 Å². The van der Waals surface area contributed by atoms with E-state index in [0.717, 1.165) is 22.4 Å². The molecular formula is C23H24N2O3S. The van der Waals surface area contributed by atoms with E-state index in [9.17, 15) is 13.2 Å². The van der Waals surface area contributed by atoms with Gasteiger partial charge in [0.25, 0.3) is 15.9 Å².